The van der Waals surface area contributed by atoms with Crippen molar-refractivity contribution in [3.63, 3.8) is 0 Å². The molecule has 2 rings (SSSR count). The van der Waals surface area contributed by atoms with Gasteiger partial charge in [-0.1, -0.05) is 17.7 Å². The van der Waals surface area contributed by atoms with Crippen molar-refractivity contribution in [2.24, 2.45) is 0 Å². The van der Waals surface area contributed by atoms with Crippen LogP contribution < -0.4 is 9.47 Å². The average molecular weight is 446 g/mol. The molecule has 2 atom stereocenters. The lowest BCUT2D eigenvalue weighted by Crippen LogP contribution is -2.11. The first kappa shape index (κ1) is 18.2. The predicted molar refractivity (Wildman–Crippen MR) is 99.7 cm³/mol. The maximum atomic E-state index is 12.4. The zero-order valence-electron chi connectivity index (χ0n) is 13.2. The summed E-state index contributed by atoms with van der Waals surface area (Å²) in [5.74, 6) is 1.34. The molecule has 0 unspecified atom stereocenters. The quantitative estimate of drug-likeness (QED) is 0.691. The summed E-state index contributed by atoms with van der Waals surface area (Å²) < 4.78 is 23.8. The van der Waals surface area contributed by atoms with Crippen molar-refractivity contribution in [2.45, 2.75) is 17.9 Å². The van der Waals surface area contributed by atoms with Crippen LogP contribution in [0.2, 0.25) is 0 Å². The number of hydrogen-bond donors (Lipinski definition) is 1. The third kappa shape index (κ3) is 4.45. The zero-order chi connectivity index (χ0) is 17.0. The summed E-state index contributed by atoms with van der Waals surface area (Å²) in [7, 11) is 1.84. The Balaban J connectivity index is 2.24. The average Bonchev–Trinajstić information content (AvgIpc) is 2.55. The molecule has 0 amide bonds. The fraction of sp³-hybridized carbons (Fsp3) is 0.294. The first-order chi connectivity index (χ1) is 11.0. The van der Waals surface area contributed by atoms with E-state index in [4.69, 9.17) is 9.47 Å². The van der Waals surface area contributed by atoms with Crippen LogP contribution in [0.25, 0.3) is 0 Å². The summed E-state index contributed by atoms with van der Waals surface area (Å²) in [5.41, 5.74) is 1.76. The number of rotatable bonds is 6. The molecule has 0 aliphatic rings. The molecule has 4 nitrogen and oxygen atoms in total. The summed E-state index contributed by atoms with van der Waals surface area (Å²) in [6.45, 7) is 1.98. The van der Waals surface area contributed by atoms with Gasteiger partial charge in [-0.15, -0.1) is 0 Å². The van der Waals surface area contributed by atoms with Crippen molar-refractivity contribution in [1.29, 1.82) is 0 Å². The molecule has 6 heteroatoms. The maximum Gasteiger partial charge on any atom is 0.136 e. The molecule has 2 aromatic carbocycles. The maximum absolute atomic E-state index is 12.4. The molecule has 0 saturated carbocycles. The van der Waals surface area contributed by atoms with Gasteiger partial charge in [-0.3, -0.25) is 4.21 Å². The third-order valence-corrected chi connectivity index (χ3v) is 6.02. The van der Waals surface area contributed by atoms with Crippen LogP contribution >= 0.6 is 22.6 Å². The van der Waals surface area contributed by atoms with E-state index >= 15 is 0 Å². The second kappa shape index (κ2) is 8.12. The van der Waals surface area contributed by atoms with Gasteiger partial charge in [-0.05, 0) is 47.7 Å². The van der Waals surface area contributed by atoms with Gasteiger partial charge in [0.1, 0.15) is 11.5 Å². The van der Waals surface area contributed by atoms with Crippen molar-refractivity contribution in [1.82, 2.24) is 0 Å². The van der Waals surface area contributed by atoms with E-state index in [0.29, 0.717) is 22.0 Å². The van der Waals surface area contributed by atoms with Gasteiger partial charge >= 0.3 is 0 Å². The summed E-state index contributed by atoms with van der Waals surface area (Å²) in [5, 5.41) is 10.5. The molecule has 1 N–H and O–H groups in total. The van der Waals surface area contributed by atoms with Gasteiger partial charge in [0.25, 0.3) is 0 Å². The second-order valence-electron chi connectivity index (χ2n) is 5.07. The van der Waals surface area contributed by atoms with Crippen LogP contribution in [-0.2, 0) is 10.8 Å². The normalized spacial score (nSPS) is 13.4. The van der Waals surface area contributed by atoms with Gasteiger partial charge in [0.2, 0.25) is 0 Å². The molecule has 23 heavy (non-hydrogen) atoms. The first-order valence-corrected chi connectivity index (χ1v) is 9.40. The van der Waals surface area contributed by atoms with E-state index < -0.39 is 16.9 Å². The minimum Gasteiger partial charge on any atom is -0.497 e. The fourth-order valence-corrected chi connectivity index (χ4v) is 4.11. The lowest BCUT2D eigenvalue weighted by atomic mass is 10.1. The molecule has 0 aliphatic heterocycles. The van der Waals surface area contributed by atoms with Gasteiger partial charge in [0, 0.05) is 16.5 Å². The van der Waals surface area contributed by atoms with Crippen LogP contribution in [0.4, 0.5) is 0 Å². The van der Waals surface area contributed by atoms with Crippen molar-refractivity contribution in [3.8, 4) is 11.5 Å². The Morgan fingerprint density at radius 1 is 1.17 bits per heavy atom. The Morgan fingerprint density at radius 2 is 1.83 bits per heavy atom. The van der Waals surface area contributed by atoms with Crippen LogP contribution in [0.15, 0.2) is 41.3 Å². The molecule has 2 aromatic rings. The van der Waals surface area contributed by atoms with Crippen molar-refractivity contribution < 1.29 is 18.8 Å². The van der Waals surface area contributed by atoms with Crippen molar-refractivity contribution in [2.75, 3.05) is 20.0 Å². The fourth-order valence-electron chi connectivity index (χ4n) is 2.12. The highest BCUT2D eigenvalue weighted by Gasteiger charge is 2.19. The molecule has 0 fully saturated rings. The summed E-state index contributed by atoms with van der Waals surface area (Å²) in [6, 6.07) is 11.0. The standard InChI is InChI=1S/C17H19IO4S/c1-11-4-6-13(7-5-11)23(20)10-15(19)14-8-12(21-2)9-16(22-3)17(14)18/h4-9,15,19H,10H2,1-3H3/t15-,23+/m0/s1. The molecule has 0 spiro atoms. The van der Waals surface area contributed by atoms with E-state index in [1.165, 1.54) is 0 Å². The number of aliphatic hydroxyl groups is 1. The number of methoxy groups -OCH3 is 2. The van der Waals surface area contributed by atoms with E-state index in [-0.39, 0.29) is 5.75 Å². The smallest absolute Gasteiger partial charge is 0.136 e. The monoisotopic (exact) mass is 446 g/mol. The largest absolute Gasteiger partial charge is 0.497 e. The molecule has 0 radical (unpaired) electrons. The topological polar surface area (TPSA) is 55.8 Å². The highest BCUT2D eigenvalue weighted by molar-refractivity contribution is 14.1. The van der Waals surface area contributed by atoms with Gasteiger partial charge in [-0.25, -0.2) is 0 Å². The van der Waals surface area contributed by atoms with Gasteiger partial charge in [0.05, 0.1) is 40.4 Å². The first-order valence-electron chi connectivity index (χ1n) is 7.00. The SMILES string of the molecule is COc1cc(OC)c(I)c([C@@H](O)C[S@@](=O)c2ccc(C)cc2)c1. The molecular weight excluding hydrogens is 427 g/mol. The van der Waals surface area contributed by atoms with E-state index in [1.807, 2.05) is 31.2 Å². The van der Waals surface area contributed by atoms with E-state index in [1.54, 1.807) is 26.4 Å². The molecule has 0 aromatic heterocycles. The van der Waals surface area contributed by atoms with Crippen LogP contribution in [0, 0.1) is 10.5 Å². The Hall–Kier alpha value is -1.12. The lowest BCUT2D eigenvalue weighted by Gasteiger charge is -2.16. The van der Waals surface area contributed by atoms with Gasteiger partial charge in [0.15, 0.2) is 0 Å². The summed E-state index contributed by atoms with van der Waals surface area (Å²) >= 11 is 2.12. The molecule has 124 valence electrons. The molecule has 0 aliphatic carbocycles. The van der Waals surface area contributed by atoms with Crippen LogP contribution in [0.1, 0.15) is 17.2 Å². The highest BCUT2D eigenvalue weighted by atomic mass is 127. The van der Waals surface area contributed by atoms with E-state index in [9.17, 15) is 9.32 Å². The number of benzene rings is 2. The van der Waals surface area contributed by atoms with Gasteiger partial charge in [-0.2, -0.15) is 0 Å². The number of aryl methyl sites for hydroxylation is 1. The molecule has 0 heterocycles. The van der Waals surface area contributed by atoms with Crippen molar-refractivity contribution >= 4 is 33.4 Å². The second-order valence-corrected chi connectivity index (χ2v) is 7.65. The van der Waals surface area contributed by atoms with Gasteiger partial charge < -0.3 is 14.6 Å². The number of hydrogen-bond acceptors (Lipinski definition) is 4. The van der Waals surface area contributed by atoms with Crippen LogP contribution in [0.3, 0.4) is 0 Å². The third-order valence-electron chi connectivity index (χ3n) is 3.45. The number of halogens is 1. The molecular formula is C17H19IO4S. The predicted octanol–water partition coefficient (Wildman–Crippen LogP) is 3.46. The molecule has 0 bridgehead atoms. The Kier molecular flexibility index (Phi) is 6.43. The Bertz CT molecular complexity index is 700. The van der Waals surface area contributed by atoms with Crippen LogP contribution in [0.5, 0.6) is 11.5 Å². The number of ether oxygens (including phenoxy) is 2. The summed E-state index contributed by atoms with van der Waals surface area (Å²) in [6.07, 6.45) is -0.868. The van der Waals surface area contributed by atoms with Crippen molar-refractivity contribution in [3.05, 3.63) is 51.1 Å². The highest BCUT2D eigenvalue weighted by Crippen LogP contribution is 2.34. The van der Waals surface area contributed by atoms with Crippen LogP contribution in [-0.4, -0.2) is 29.3 Å². The summed E-state index contributed by atoms with van der Waals surface area (Å²) in [4.78, 5) is 0.708. The van der Waals surface area contributed by atoms with E-state index in [0.717, 1.165) is 9.13 Å². The molecule has 0 saturated heterocycles. The Labute approximate surface area is 152 Å². The zero-order valence-corrected chi connectivity index (χ0v) is 16.2. The Morgan fingerprint density at radius 3 is 2.39 bits per heavy atom. The number of aliphatic hydroxyl groups excluding tert-OH is 1. The minimum atomic E-state index is -1.28. The van der Waals surface area contributed by atoms with E-state index in [2.05, 4.69) is 22.6 Å². The minimum absolute atomic E-state index is 0.120. The lowest BCUT2D eigenvalue weighted by molar-refractivity contribution is 0.201.